The number of amides is 1. The Kier molecular flexibility index (Phi) is 5.35. The van der Waals surface area contributed by atoms with Crippen LogP contribution in [0.1, 0.15) is 38.1 Å². The number of furan rings is 1. The summed E-state index contributed by atoms with van der Waals surface area (Å²) in [4.78, 5) is 28.5. The van der Waals surface area contributed by atoms with Crippen molar-refractivity contribution in [3.05, 3.63) is 65.3 Å². The monoisotopic (exact) mass is 368 g/mol. The second kappa shape index (κ2) is 7.70. The van der Waals surface area contributed by atoms with Crippen molar-refractivity contribution in [2.75, 3.05) is 18.0 Å². The van der Waals surface area contributed by atoms with E-state index in [0.717, 1.165) is 24.3 Å². The molecule has 0 bridgehead atoms. The Morgan fingerprint density at radius 3 is 2.37 bits per heavy atom. The second-order valence-corrected chi connectivity index (χ2v) is 6.50. The van der Waals surface area contributed by atoms with E-state index in [2.05, 4.69) is 18.7 Å². The number of carbonyl (C=O) groups excluding carboxylic acids is 2. The third kappa shape index (κ3) is 3.47. The summed E-state index contributed by atoms with van der Waals surface area (Å²) in [5, 5.41) is 10.3. The van der Waals surface area contributed by atoms with E-state index in [9.17, 15) is 14.7 Å². The number of rotatable bonds is 7. The van der Waals surface area contributed by atoms with Gasteiger partial charge in [0.1, 0.15) is 5.76 Å². The fourth-order valence-electron chi connectivity index (χ4n) is 3.55. The number of carbonyl (C=O) groups is 2. The van der Waals surface area contributed by atoms with E-state index in [-0.39, 0.29) is 17.9 Å². The third-order valence-corrected chi connectivity index (χ3v) is 4.93. The Hall–Kier alpha value is -3.02. The highest BCUT2D eigenvalue weighted by Crippen LogP contribution is 2.39. The van der Waals surface area contributed by atoms with Gasteiger partial charge >= 0.3 is 0 Å². The van der Waals surface area contributed by atoms with Gasteiger partial charge in [0.05, 0.1) is 24.4 Å². The van der Waals surface area contributed by atoms with E-state index in [1.165, 1.54) is 18.1 Å². The first-order valence-corrected chi connectivity index (χ1v) is 9.10. The molecule has 27 heavy (non-hydrogen) atoms. The maximum absolute atomic E-state index is 12.6. The molecule has 1 atom stereocenters. The summed E-state index contributed by atoms with van der Waals surface area (Å²) < 4.78 is 5.35. The maximum atomic E-state index is 12.6. The first-order chi connectivity index (χ1) is 13.0. The second-order valence-electron chi connectivity index (χ2n) is 6.50. The topological polar surface area (TPSA) is 74.0 Å². The Bertz CT molecular complexity index is 849. The van der Waals surface area contributed by atoms with Crippen molar-refractivity contribution >= 4 is 17.4 Å². The molecule has 1 aromatic heterocycles. The normalized spacial score (nSPS) is 16.9. The zero-order valence-corrected chi connectivity index (χ0v) is 15.8. The molecule has 2 heterocycles. The van der Waals surface area contributed by atoms with E-state index < -0.39 is 17.7 Å². The van der Waals surface area contributed by atoms with E-state index in [1.807, 2.05) is 24.3 Å². The molecular formula is C21H24N2O4. The molecule has 0 saturated heterocycles. The van der Waals surface area contributed by atoms with Crippen molar-refractivity contribution in [3.63, 3.8) is 0 Å². The number of ketones is 1. The van der Waals surface area contributed by atoms with Gasteiger partial charge in [0, 0.05) is 18.8 Å². The molecule has 0 radical (unpaired) electrons. The highest BCUT2D eigenvalue weighted by Gasteiger charge is 2.42. The van der Waals surface area contributed by atoms with Gasteiger partial charge in [-0.25, -0.2) is 0 Å². The molecule has 6 heteroatoms. The molecule has 0 saturated carbocycles. The van der Waals surface area contributed by atoms with Crippen molar-refractivity contribution < 1.29 is 19.1 Å². The summed E-state index contributed by atoms with van der Waals surface area (Å²) in [6.45, 7) is 7.50. The van der Waals surface area contributed by atoms with Gasteiger partial charge in [-0.05, 0) is 50.6 Å². The lowest BCUT2D eigenvalue weighted by Gasteiger charge is -2.27. The van der Waals surface area contributed by atoms with Gasteiger partial charge < -0.3 is 19.3 Å². The zero-order chi connectivity index (χ0) is 19.6. The maximum Gasteiger partial charge on any atom is 0.290 e. The molecule has 1 aliphatic heterocycles. The van der Waals surface area contributed by atoms with Crippen molar-refractivity contribution in [3.8, 4) is 0 Å². The van der Waals surface area contributed by atoms with Crippen LogP contribution in [0, 0.1) is 0 Å². The van der Waals surface area contributed by atoms with Gasteiger partial charge in [-0.1, -0.05) is 12.1 Å². The van der Waals surface area contributed by atoms with Gasteiger partial charge in [0.25, 0.3) is 5.91 Å². The molecule has 142 valence electrons. The number of hydrogen-bond acceptors (Lipinski definition) is 5. The van der Waals surface area contributed by atoms with Crippen LogP contribution in [0.4, 0.5) is 5.69 Å². The highest BCUT2D eigenvalue weighted by molar-refractivity contribution is 6.08. The smallest absolute Gasteiger partial charge is 0.290 e. The van der Waals surface area contributed by atoms with E-state index >= 15 is 0 Å². The highest BCUT2D eigenvalue weighted by atomic mass is 16.3. The first kappa shape index (κ1) is 18.8. The predicted molar refractivity (Wildman–Crippen MR) is 102 cm³/mol. The van der Waals surface area contributed by atoms with Gasteiger partial charge in [0.15, 0.2) is 11.5 Å². The van der Waals surface area contributed by atoms with Gasteiger partial charge in [-0.15, -0.1) is 0 Å². The average molecular weight is 368 g/mol. The Morgan fingerprint density at radius 1 is 1.19 bits per heavy atom. The number of hydrogen-bond donors (Lipinski definition) is 1. The van der Waals surface area contributed by atoms with Crippen LogP contribution in [-0.2, 0) is 16.1 Å². The lowest BCUT2D eigenvalue weighted by Crippen LogP contribution is -2.30. The summed E-state index contributed by atoms with van der Waals surface area (Å²) >= 11 is 0. The molecule has 1 N–H and O–H groups in total. The Morgan fingerprint density at radius 2 is 1.85 bits per heavy atom. The summed E-state index contributed by atoms with van der Waals surface area (Å²) in [5.41, 5.74) is 1.98. The fraction of sp³-hybridized carbons (Fsp3) is 0.333. The van der Waals surface area contributed by atoms with Crippen LogP contribution in [0.25, 0.3) is 0 Å². The SMILES string of the molecule is CCN(CC)c1ccc(C2C(C(C)=O)=C(O)C(=O)N2Cc2ccco2)cc1. The minimum atomic E-state index is -0.633. The third-order valence-electron chi connectivity index (χ3n) is 4.93. The van der Waals surface area contributed by atoms with Crippen molar-refractivity contribution in [1.82, 2.24) is 4.90 Å². The largest absolute Gasteiger partial charge is 0.503 e. The summed E-state index contributed by atoms with van der Waals surface area (Å²) in [6.07, 6.45) is 1.53. The van der Waals surface area contributed by atoms with Crippen molar-refractivity contribution in [1.29, 1.82) is 0 Å². The van der Waals surface area contributed by atoms with Crippen LogP contribution < -0.4 is 4.90 Å². The Labute approximate surface area is 158 Å². The summed E-state index contributed by atoms with van der Waals surface area (Å²) in [5.74, 6) is -0.771. The first-order valence-electron chi connectivity index (χ1n) is 9.10. The molecule has 0 spiro atoms. The minimum absolute atomic E-state index is 0.127. The van der Waals surface area contributed by atoms with Crippen LogP contribution in [0.3, 0.4) is 0 Å². The van der Waals surface area contributed by atoms with Crippen LogP contribution in [0.15, 0.2) is 58.4 Å². The lowest BCUT2D eigenvalue weighted by atomic mass is 9.96. The van der Waals surface area contributed by atoms with Crippen LogP contribution >= 0.6 is 0 Å². The molecule has 6 nitrogen and oxygen atoms in total. The number of aliphatic hydroxyl groups is 1. The molecule has 1 unspecified atom stereocenters. The van der Waals surface area contributed by atoms with Gasteiger partial charge in [-0.2, -0.15) is 0 Å². The number of benzene rings is 1. The van der Waals surface area contributed by atoms with Crippen LogP contribution in [0.5, 0.6) is 0 Å². The fourth-order valence-corrected chi connectivity index (χ4v) is 3.55. The van der Waals surface area contributed by atoms with Crippen LogP contribution in [-0.4, -0.2) is 34.8 Å². The van der Waals surface area contributed by atoms with Crippen molar-refractivity contribution in [2.45, 2.75) is 33.4 Å². The molecule has 0 aliphatic carbocycles. The standard InChI is InChI=1S/C21H24N2O4/c1-4-22(5-2)16-10-8-15(9-11-16)19-18(14(3)24)20(25)21(26)23(19)13-17-7-6-12-27-17/h6-12,19,25H,4-5,13H2,1-3H3. The lowest BCUT2D eigenvalue weighted by molar-refractivity contribution is -0.130. The summed E-state index contributed by atoms with van der Waals surface area (Å²) in [6, 6.07) is 10.6. The number of nitrogens with zero attached hydrogens (tertiary/aromatic N) is 2. The zero-order valence-electron chi connectivity index (χ0n) is 15.8. The average Bonchev–Trinajstić information content (AvgIpc) is 3.26. The minimum Gasteiger partial charge on any atom is -0.503 e. The van der Waals surface area contributed by atoms with Gasteiger partial charge in [-0.3, -0.25) is 9.59 Å². The molecule has 0 fully saturated rings. The quantitative estimate of drug-likeness (QED) is 0.808. The van der Waals surface area contributed by atoms with E-state index in [4.69, 9.17) is 4.42 Å². The number of aliphatic hydroxyl groups excluding tert-OH is 1. The molecule has 1 amide bonds. The number of Topliss-reactive ketones (excluding diaryl/α,β-unsaturated/α-hetero) is 1. The molecule has 2 aromatic rings. The van der Waals surface area contributed by atoms with E-state index in [0.29, 0.717) is 5.76 Å². The summed E-state index contributed by atoms with van der Waals surface area (Å²) in [7, 11) is 0. The van der Waals surface area contributed by atoms with Crippen LogP contribution in [0.2, 0.25) is 0 Å². The molecule has 3 rings (SSSR count). The van der Waals surface area contributed by atoms with Crippen molar-refractivity contribution in [2.24, 2.45) is 0 Å². The molecular weight excluding hydrogens is 344 g/mol. The number of anilines is 1. The van der Waals surface area contributed by atoms with E-state index in [1.54, 1.807) is 12.1 Å². The molecule has 1 aromatic carbocycles. The molecule has 1 aliphatic rings. The van der Waals surface area contributed by atoms with Gasteiger partial charge in [0.2, 0.25) is 0 Å². The predicted octanol–water partition coefficient (Wildman–Crippen LogP) is 3.61. The Balaban J connectivity index is 1.99.